The summed E-state index contributed by atoms with van der Waals surface area (Å²) in [5, 5.41) is 1.20. The summed E-state index contributed by atoms with van der Waals surface area (Å²) >= 11 is 12.3. The minimum Gasteiger partial charge on any atom is -0.324 e. The summed E-state index contributed by atoms with van der Waals surface area (Å²) < 4.78 is 0. The van der Waals surface area contributed by atoms with Gasteiger partial charge >= 0.3 is 0 Å². The van der Waals surface area contributed by atoms with Crippen molar-refractivity contribution in [2.45, 2.75) is 31.7 Å². The molecule has 1 nitrogen and oxygen atoms in total. The van der Waals surface area contributed by atoms with Crippen molar-refractivity contribution >= 4 is 23.2 Å². The Morgan fingerprint density at radius 3 is 2.70 bits per heavy atom. The molecule has 0 heterocycles. The van der Waals surface area contributed by atoms with E-state index in [4.69, 9.17) is 28.9 Å². The van der Waals surface area contributed by atoms with Gasteiger partial charge in [0.2, 0.25) is 0 Å². The molecule has 1 atom stereocenters. The molecule has 0 saturated heterocycles. The molecule has 1 unspecified atom stereocenters. The zero-order valence-electron chi connectivity index (χ0n) is 11.2. The Balaban J connectivity index is 1.82. The third-order valence-electron chi connectivity index (χ3n) is 4.02. The molecule has 0 amide bonds. The van der Waals surface area contributed by atoms with E-state index in [0.29, 0.717) is 16.5 Å². The maximum Gasteiger partial charge on any atom is 0.0624 e. The molecule has 1 aliphatic carbocycles. The molecule has 0 radical (unpaired) electrons. The second-order valence-electron chi connectivity index (χ2n) is 5.41. The highest BCUT2D eigenvalue weighted by Crippen LogP contribution is 2.30. The molecule has 2 N–H and O–H groups in total. The first-order valence-corrected chi connectivity index (χ1v) is 7.71. The van der Waals surface area contributed by atoms with E-state index in [-0.39, 0.29) is 6.04 Å². The molecule has 3 rings (SSSR count). The number of rotatable bonds is 3. The summed E-state index contributed by atoms with van der Waals surface area (Å²) in [5.74, 6) is 0. The molecule has 0 aliphatic heterocycles. The van der Waals surface area contributed by atoms with Crippen LogP contribution in [0.1, 0.15) is 34.7 Å². The molecule has 104 valence electrons. The van der Waals surface area contributed by atoms with E-state index in [2.05, 4.69) is 18.2 Å². The van der Waals surface area contributed by atoms with E-state index in [0.717, 1.165) is 5.56 Å². The lowest BCUT2D eigenvalue weighted by Crippen LogP contribution is -2.14. The number of hydrogen-bond acceptors (Lipinski definition) is 1. The van der Waals surface area contributed by atoms with Crippen molar-refractivity contribution in [3.8, 4) is 0 Å². The van der Waals surface area contributed by atoms with Crippen LogP contribution >= 0.6 is 23.2 Å². The Morgan fingerprint density at radius 1 is 1.05 bits per heavy atom. The van der Waals surface area contributed by atoms with E-state index in [9.17, 15) is 0 Å². The van der Waals surface area contributed by atoms with Crippen LogP contribution in [0.15, 0.2) is 36.4 Å². The first-order chi connectivity index (χ1) is 9.65. The Morgan fingerprint density at radius 2 is 1.85 bits per heavy atom. The maximum atomic E-state index is 6.34. The molecular formula is C17H17Cl2N. The van der Waals surface area contributed by atoms with E-state index in [1.807, 2.05) is 12.1 Å². The molecule has 0 aromatic heterocycles. The van der Waals surface area contributed by atoms with Gasteiger partial charge in [-0.15, -0.1) is 0 Å². The van der Waals surface area contributed by atoms with E-state index < -0.39 is 0 Å². The topological polar surface area (TPSA) is 26.0 Å². The van der Waals surface area contributed by atoms with Gasteiger partial charge in [0, 0.05) is 6.04 Å². The lowest BCUT2D eigenvalue weighted by atomic mass is 9.96. The fraction of sp³-hybridized carbons (Fsp3) is 0.294. The van der Waals surface area contributed by atoms with Gasteiger partial charge in [0.25, 0.3) is 0 Å². The van der Waals surface area contributed by atoms with Gasteiger partial charge in [0.15, 0.2) is 0 Å². The standard InChI is InChI=1S/C17H17Cl2N/c18-15-6-2-5-14(17(15)19)10-16(20)13-8-7-11-3-1-4-12(11)9-13/h2,5-9,16H,1,3-4,10,20H2. The molecule has 0 bridgehead atoms. The SMILES string of the molecule is NC(Cc1cccc(Cl)c1Cl)c1ccc2c(c1)CCC2. The van der Waals surface area contributed by atoms with Crippen LogP contribution in [0, 0.1) is 0 Å². The summed E-state index contributed by atoms with van der Waals surface area (Å²) in [6.45, 7) is 0. The third-order valence-corrected chi connectivity index (χ3v) is 4.88. The summed E-state index contributed by atoms with van der Waals surface area (Å²) in [4.78, 5) is 0. The van der Waals surface area contributed by atoms with Gasteiger partial charge in [0.1, 0.15) is 0 Å². The van der Waals surface area contributed by atoms with Crippen molar-refractivity contribution in [3.05, 3.63) is 68.7 Å². The highest BCUT2D eigenvalue weighted by molar-refractivity contribution is 6.42. The molecule has 0 fully saturated rings. The van der Waals surface area contributed by atoms with Crippen LogP contribution < -0.4 is 5.73 Å². The lowest BCUT2D eigenvalue weighted by molar-refractivity contribution is 0.721. The predicted octanol–water partition coefficient (Wildman–Crippen LogP) is 4.72. The number of halogens is 2. The van der Waals surface area contributed by atoms with Crippen molar-refractivity contribution in [1.82, 2.24) is 0 Å². The van der Waals surface area contributed by atoms with Crippen molar-refractivity contribution in [2.24, 2.45) is 5.73 Å². The summed E-state index contributed by atoms with van der Waals surface area (Å²) in [6, 6.07) is 12.3. The lowest BCUT2D eigenvalue weighted by Gasteiger charge is -2.15. The summed E-state index contributed by atoms with van der Waals surface area (Å²) in [7, 11) is 0. The normalized spacial score (nSPS) is 15.2. The van der Waals surface area contributed by atoms with Crippen LogP contribution in [0.3, 0.4) is 0 Å². The molecule has 3 heteroatoms. The van der Waals surface area contributed by atoms with E-state index in [1.165, 1.54) is 36.0 Å². The first-order valence-electron chi connectivity index (χ1n) is 6.95. The van der Waals surface area contributed by atoms with Crippen molar-refractivity contribution in [3.63, 3.8) is 0 Å². The molecule has 2 aromatic carbocycles. The van der Waals surface area contributed by atoms with Gasteiger partial charge in [-0.25, -0.2) is 0 Å². The Bertz CT molecular complexity index is 637. The van der Waals surface area contributed by atoms with Crippen LogP contribution in [0.2, 0.25) is 10.0 Å². The van der Waals surface area contributed by atoms with Crippen LogP contribution in [0.4, 0.5) is 0 Å². The fourth-order valence-electron chi connectivity index (χ4n) is 2.88. The largest absolute Gasteiger partial charge is 0.324 e. The van der Waals surface area contributed by atoms with Gasteiger partial charge in [0.05, 0.1) is 10.0 Å². The summed E-state index contributed by atoms with van der Waals surface area (Å²) in [6.07, 6.45) is 4.34. The molecule has 1 aliphatic rings. The first kappa shape index (κ1) is 13.9. The number of hydrogen-bond donors (Lipinski definition) is 1. The number of benzene rings is 2. The monoisotopic (exact) mass is 305 g/mol. The van der Waals surface area contributed by atoms with Gasteiger partial charge < -0.3 is 5.73 Å². The zero-order chi connectivity index (χ0) is 14.1. The Hall–Kier alpha value is -1.02. The molecule has 2 aromatic rings. The van der Waals surface area contributed by atoms with Crippen molar-refractivity contribution in [1.29, 1.82) is 0 Å². The van der Waals surface area contributed by atoms with Crippen molar-refractivity contribution < 1.29 is 0 Å². The quantitative estimate of drug-likeness (QED) is 0.872. The molecule has 0 spiro atoms. The molecule has 0 saturated carbocycles. The number of nitrogens with two attached hydrogens (primary N) is 1. The van der Waals surface area contributed by atoms with Crippen molar-refractivity contribution in [2.75, 3.05) is 0 Å². The average molecular weight is 306 g/mol. The molecular weight excluding hydrogens is 289 g/mol. The van der Waals surface area contributed by atoms with E-state index in [1.54, 1.807) is 6.07 Å². The smallest absolute Gasteiger partial charge is 0.0624 e. The van der Waals surface area contributed by atoms with Crippen LogP contribution in [-0.4, -0.2) is 0 Å². The van der Waals surface area contributed by atoms with Crippen LogP contribution in [0.25, 0.3) is 0 Å². The third kappa shape index (κ3) is 2.71. The minimum atomic E-state index is -0.0446. The van der Waals surface area contributed by atoms with Gasteiger partial charge in [-0.05, 0) is 54.0 Å². The van der Waals surface area contributed by atoms with E-state index >= 15 is 0 Å². The Kier molecular flexibility index (Phi) is 4.02. The second-order valence-corrected chi connectivity index (χ2v) is 6.19. The van der Waals surface area contributed by atoms with Gasteiger partial charge in [-0.2, -0.15) is 0 Å². The van der Waals surface area contributed by atoms with Crippen LogP contribution in [0.5, 0.6) is 0 Å². The highest BCUT2D eigenvalue weighted by Gasteiger charge is 2.15. The van der Waals surface area contributed by atoms with Crippen LogP contribution in [-0.2, 0) is 19.3 Å². The second kappa shape index (κ2) is 5.77. The highest BCUT2D eigenvalue weighted by atomic mass is 35.5. The van der Waals surface area contributed by atoms with Gasteiger partial charge in [-0.1, -0.05) is 53.5 Å². The zero-order valence-corrected chi connectivity index (χ0v) is 12.7. The van der Waals surface area contributed by atoms with Gasteiger partial charge in [-0.3, -0.25) is 0 Å². The number of fused-ring (bicyclic) bond motifs is 1. The minimum absolute atomic E-state index is 0.0446. The fourth-order valence-corrected chi connectivity index (χ4v) is 3.28. The molecule has 20 heavy (non-hydrogen) atoms. The Labute approximate surface area is 129 Å². The predicted molar refractivity (Wildman–Crippen MR) is 85.6 cm³/mol. The number of aryl methyl sites for hydroxylation is 2. The summed E-state index contributed by atoms with van der Waals surface area (Å²) in [5.41, 5.74) is 11.5. The maximum absolute atomic E-state index is 6.34. The average Bonchev–Trinajstić information content (AvgIpc) is 2.91.